The van der Waals surface area contributed by atoms with E-state index in [0.717, 1.165) is 37.1 Å². The van der Waals surface area contributed by atoms with Gasteiger partial charge in [-0.1, -0.05) is 25.0 Å². The number of carbonyl (C=O) groups excluding carboxylic acids is 3. The predicted molar refractivity (Wildman–Crippen MR) is 102 cm³/mol. The van der Waals surface area contributed by atoms with E-state index in [1.807, 2.05) is 34.1 Å². The summed E-state index contributed by atoms with van der Waals surface area (Å²) in [7, 11) is 0. The first-order chi connectivity index (χ1) is 13.1. The number of hydrogen-bond acceptors (Lipinski definition) is 3. The lowest BCUT2D eigenvalue weighted by Gasteiger charge is -2.23. The number of rotatable bonds is 5. The molecular weight excluding hydrogens is 342 g/mol. The van der Waals surface area contributed by atoms with E-state index in [1.165, 1.54) is 12.8 Å². The van der Waals surface area contributed by atoms with Gasteiger partial charge in [-0.3, -0.25) is 14.4 Å². The fourth-order valence-corrected chi connectivity index (χ4v) is 4.52. The molecule has 0 bridgehead atoms. The van der Waals surface area contributed by atoms with E-state index in [0.29, 0.717) is 32.0 Å². The highest BCUT2D eigenvalue weighted by atomic mass is 16.2. The van der Waals surface area contributed by atoms with Crippen LogP contribution in [0.25, 0.3) is 0 Å². The molecule has 0 radical (unpaired) electrons. The van der Waals surface area contributed by atoms with E-state index in [4.69, 9.17) is 0 Å². The maximum Gasteiger partial charge on any atom is 0.227 e. The van der Waals surface area contributed by atoms with Crippen LogP contribution in [0.15, 0.2) is 24.3 Å². The number of hydrogen-bond donors (Lipinski definition) is 1. The third kappa shape index (κ3) is 3.84. The Balaban J connectivity index is 1.29. The number of anilines is 1. The van der Waals surface area contributed by atoms with Crippen LogP contribution in [-0.4, -0.2) is 41.8 Å². The molecule has 3 aliphatic rings. The molecule has 4 rings (SSSR count). The molecule has 1 aromatic rings. The van der Waals surface area contributed by atoms with Crippen molar-refractivity contribution in [2.24, 2.45) is 5.92 Å². The molecule has 3 amide bonds. The van der Waals surface area contributed by atoms with E-state index in [2.05, 4.69) is 5.32 Å². The molecule has 2 heterocycles. The van der Waals surface area contributed by atoms with Gasteiger partial charge in [0.25, 0.3) is 0 Å². The Kier molecular flexibility index (Phi) is 5.14. The van der Waals surface area contributed by atoms with Gasteiger partial charge in [-0.15, -0.1) is 0 Å². The summed E-state index contributed by atoms with van der Waals surface area (Å²) in [5, 5.41) is 2.97. The van der Waals surface area contributed by atoms with Crippen molar-refractivity contribution < 1.29 is 14.4 Å². The molecule has 3 fully saturated rings. The molecule has 1 saturated carbocycles. The molecule has 2 saturated heterocycles. The van der Waals surface area contributed by atoms with Gasteiger partial charge in [0.2, 0.25) is 17.7 Å². The normalized spacial score (nSPS) is 23.5. The summed E-state index contributed by atoms with van der Waals surface area (Å²) in [5.74, 6) is 0.0256. The molecule has 27 heavy (non-hydrogen) atoms. The predicted octanol–water partition coefficient (Wildman–Crippen LogP) is 2.22. The van der Waals surface area contributed by atoms with Gasteiger partial charge in [0, 0.05) is 44.2 Å². The Morgan fingerprint density at radius 3 is 2.44 bits per heavy atom. The fraction of sp³-hybridized carbons (Fsp3) is 0.571. The molecule has 6 nitrogen and oxygen atoms in total. The summed E-state index contributed by atoms with van der Waals surface area (Å²) in [6.07, 6.45) is 6.38. The lowest BCUT2D eigenvalue weighted by Crippen LogP contribution is -2.36. The van der Waals surface area contributed by atoms with Crippen LogP contribution in [-0.2, 0) is 20.9 Å². The molecule has 0 unspecified atom stereocenters. The third-order valence-corrected chi connectivity index (χ3v) is 6.08. The topological polar surface area (TPSA) is 69.7 Å². The first-order valence-corrected chi connectivity index (χ1v) is 10.1. The first-order valence-electron chi connectivity index (χ1n) is 10.1. The number of amides is 3. The SMILES string of the molecule is O=C(NCc1ccc(N2CCCC2=O)cc1)[C@H]1CC(=O)N(C2CCCC2)C1. The molecule has 6 heteroatoms. The highest BCUT2D eigenvalue weighted by Gasteiger charge is 2.38. The van der Waals surface area contributed by atoms with Crippen LogP contribution >= 0.6 is 0 Å². The molecule has 144 valence electrons. The Morgan fingerprint density at radius 1 is 1.04 bits per heavy atom. The molecular formula is C21H27N3O3. The van der Waals surface area contributed by atoms with Gasteiger partial charge >= 0.3 is 0 Å². The smallest absolute Gasteiger partial charge is 0.227 e. The summed E-state index contributed by atoms with van der Waals surface area (Å²) in [6.45, 7) is 1.79. The second-order valence-electron chi connectivity index (χ2n) is 7.92. The van der Waals surface area contributed by atoms with Crippen LogP contribution in [0.2, 0.25) is 0 Å². The van der Waals surface area contributed by atoms with Gasteiger partial charge in [0.05, 0.1) is 5.92 Å². The number of nitrogens with zero attached hydrogens (tertiary/aromatic N) is 2. The standard InChI is InChI=1S/C21H27N3O3/c25-19-6-3-11-23(19)18-9-7-15(8-10-18)13-22-21(27)16-12-20(26)24(14-16)17-4-1-2-5-17/h7-10,16-17H,1-6,11-14H2,(H,22,27)/t16-/m0/s1. The summed E-state index contributed by atoms with van der Waals surface area (Å²) < 4.78 is 0. The minimum atomic E-state index is -0.236. The Morgan fingerprint density at radius 2 is 1.78 bits per heavy atom. The van der Waals surface area contributed by atoms with Crippen molar-refractivity contribution in [3.63, 3.8) is 0 Å². The Hall–Kier alpha value is -2.37. The van der Waals surface area contributed by atoms with Crippen LogP contribution in [0, 0.1) is 5.92 Å². The van der Waals surface area contributed by atoms with Crippen molar-refractivity contribution in [3.8, 4) is 0 Å². The zero-order valence-corrected chi connectivity index (χ0v) is 15.7. The van der Waals surface area contributed by atoms with Crippen molar-refractivity contribution in [3.05, 3.63) is 29.8 Å². The largest absolute Gasteiger partial charge is 0.352 e. The van der Waals surface area contributed by atoms with Gasteiger partial charge in [-0.05, 0) is 37.0 Å². The van der Waals surface area contributed by atoms with Crippen LogP contribution in [0.3, 0.4) is 0 Å². The number of nitrogens with one attached hydrogen (secondary N) is 1. The van der Waals surface area contributed by atoms with Gasteiger partial charge in [0.15, 0.2) is 0 Å². The van der Waals surface area contributed by atoms with Crippen molar-refractivity contribution in [2.75, 3.05) is 18.0 Å². The first kappa shape index (κ1) is 18.0. The lowest BCUT2D eigenvalue weighted by atomic mass is 10.1. The average Bonchev–Trinajstić information content (AvgIpc) is 3.41. The number of benzene rings is 1. The molecule has 0 spiro atoms. The number of likely N-dealkylation sites (tertiary alicyclic amines) is 1. The van der Waals surface area contributed by atoms with Crippen LogP contribution in [0.1, 0.15) is 50.5 Å². The quantitative estimate of drug-likeness (QED) is 0.865. The summed E-state index contributed by atoms with van der Waals surface area (Å²) >= 11 is 0. The van der Waals surface area contributed by atoms with Crippen molar-refractivity contribution in [1.82, 2.24) is 10.2 Å². The molecule has 1 N–H and O–H groups in total. The zero-order valence-electron chi connectivity index (χ0n) is 15.7. The fourth-order valence-electron chi connectivity index (χ4n) is 4.52. The summed E-state index contributed by atoms with van der Waals surface area (Å²) in [4.78, 5) is 40.3. The molecule has 1 aromatic carbocycles. The molecule has 1 atom stereocenters. The molecule has 0 aromatic heterocycles. The summed E-state index contributed by atoms with van der Waals surface area (Å²) in [6, 6.07) is 8.12. The number of carbonyl (C=O) groups is 3. The minimum absolute atomic E-state index is 0.0392. The van der Waals surface area contributed by atoms with Gasteiger partial charge in [0.1, 0.15) is 0 Å². The van der Waals surface area contributed by atoms with E-state index >= 15 is 0 Å². The summed E-state index contributed by atoms with van der Waals surface area (Å²) in [5.41, 5.74) is 1.91. The monoisotopic (exact) mass is 369 g/mol. The van der Waals surface area contributed by atoms with Crippen molar-refractivity contribution in [2.45, 2.75) is 57.5 Å². The van der Waals surface area contributed by atoms with E-state index in [1.54, 1.807) is 0 Å². The second kappa shape index (κ2) is 7.71. The van der Waals surface area contributed by atoms with Crippen molar-refractivity contribution >= 4 is 23.4 Å². The third-order valence-electron chi connectivity index (χ3n) is 6.08. The molecule has 1 aliphatic carbocycles. The Bertz CT molecular complexity index is 725. The maximum absolute atomic E-state index is 12.5. The lowest BCUT2D eigenvalue weighted by molar-refractivity contribution is -0.130. The van der Waals surface area contributed by atoms with Crippen LogP contribution in [0.5, 0.6) is 0 Å². The van der Waals surface area contributed by atoms with Crippen LogP contribution < -0.4 is 10.2 Å². The van der Waals surface area contributed by atoms with E-state index in [9.17, 15) is 14.4 Å². The van der Waals surface area contributed by atoms with Gasteiger partial charge < -0.3 is 15.1 Å². The second-order valence-corrected chi connectivity index (χ2v) is 7.92. The molecule has 2 aliphatic heterocycles. The Labute approximate surface area is 159 Å². The van der Waals surface area contributed by atoms with E-state index < -0.39 is 0 Å². The average molecular weight is 369 g/mol. The maximum atomic E-state index is 12.5. The van der Waals surface area contributed by atoms with Gasteiger partial charge in [-0.2, -0.15) is 0 Å². The van der Waals surface area contributed by atoms with Crippen molar-refractivity contribution in [1.29, 1.82) is 0 Å². The van der Waals surface area contributed by atoms with Gasteiger partial charge in [-0.25, -0.2) is 0 Å². The van der Waals surface area contributed by atoms with E-state index in [-0.39, 0.29) is 23.6 Å². The highest BCUT2D eigenvalue weighted by Crippen LogP contribution is 2.29. The minimum Gasteiger partial charge on any atom is -0.352 e. The zero-order chi connectivity index (χ0) is 18.8. The van der Waals surface area contributed by atoms with Crippen LogP contribution in [0.4, 0.5) is 5.69 Å². The highest BCUT2D eigenvalue weighted by molar-refractivity contribution is 5.95.